The van der Waals surface area contributed by atoms with Crippen LogP contribution in [0.1, 0.15) is 21.8 Å². The summed E-state index contributed by atoms with van der Waals surface area (Å²) in [5.74, 6) is -3.32. The van der Waals surface area contributed by atoms with Crippen LogP contribution in [0.5, 0.6) is 0 Å². The van der Waals surface area contributed by atoms with Gasteiger partial charge >= 0.3 is 5.97 Å². The molecule has 0 spiro atoms. The molecule has 0 saturated carbocycles. The van der Waals surface area contributed by atoms with Gasteiger partial charge in [-0.2, -0.15) is 0 Å². The number of rotatable bonds is 5. The normalized spacial score (nSPS) is 11.3. The molecular formula is C14H11NO5. The summed E-state index contributed by atoms with van der Waals surface area (Å²) in [6, 6.07) is 7.00. The summed E-state index contributed by atoms with van der Waals surface area (Å²) in [5, 5.41) is 17.6. The highest BCUT2D eigenvalue weighted by atomic mass is 16.4. The van der Waals surface area contributed by atoms with E-state index in [1.54, 1.807) is 24.4 Å². The van der Waals surface area contributed by atoms with Gasteiger partial charge in [-0.3, -0.25) is 9.78 Å². The maximum atomic E-state index is 11.8. The van der Waals surface area contributed by atoms with E-state index in [1.165, 1.54) is 6.26 Å². The average molecular weight is 273 g/mol. The smallest absolute Gasteiger partial charge is 0.371 e. The molecule has 0 unspecified atom stereocenters. The van der Waals surface area contributed by atoms with E-state index in [0.29, 0.717) is 18.1 Å². The molecule has 0 fully saturated rings. The van der Waals surface area contributed by atoms with Crippen LogP contribution in [-0.2, 0) is 11.2 Å². The quantitative estimate of drug-likeness (QED) is 0.490. The van der Waals surface area contributed by atoms with Crippen LogP contribution in [0.3, 0.4) is 0 Å². The van der Waals surface area contributed by atoms with E-state index >= 15 is 0 Å². The fourth-order valence-corrected chi connectivity index (χ4v) is 1.64. The number of ketones is 1. The molecule has 0 amide bonds. The van der Waals surface area contributed by atoms with Crippen molar-refractivity contribution in [2.45, 2.75) is 6.42 Å². The molecule has 20 heavy (non-hydrogen) atoms. The van der Waals surface area contributed by atoms with E-state index in [4.69, 9.17) is 14.6 Å². The molecule has 0 bridgehead atoms. The van der Waals surface area contributed by atoms with E-state index in [9.17, 15) is 9.59 Å². The lowest BCUT2D eigenvalue weighted by molar-refractivity contribution is -0.135. The summed E-state index contributed by atoms with van der Waals surface area (Å²) < 4.78 is 5.05. The summed E-state index contributed by atoms with van der Waals surface area (Å²) in [6.07, 6.45) is 3.95. The van der Waals surface area contributed by atoms with Crippen molar-refractivity contribution in [3.8, 4) is 0 Å². The van der Waals surface area contributed by atoms with Crippen LogP contribution in [0.4, 0.5) is 0 Å². The number of nitrogens with zero attached hydrogens (tertiary/aromatic N) is 1. The van der Waals surface area contributed by atoms with Crippen molar-refractivity contribution in [2.24, 2.45) is 0 Å². The highest BCUT2D eigenvalue weighted by molar-refractivity contribution is 6.06. The molecule has 0 aliphatic heterocycles. The topological polar surface area (TPSA) is 101 Å². The van der Waals surface area contributed by atoms with Crippen molar-refractivity contribution < 1.29 is 24.2 Å². The first-order valence-corrected chi connectivity index (χ1v) is 5.72. The van der Waals surface area contributed by atoms with Crippen molar-refractivity contribution in [3.05, 3.63) is 65.6 Å². The highest BCUT2D eigenvalue weighted by Crippen LogP contribution is 2.16. The molecule has 2 aromatic heterocycles. The molecule has 0 aliphatic carbocycles. The molecular weight excluding hydrogens is 262 g/mol. The Morgan fingerprint density at radius 1 is 1.25 bits per heavy atom. The number of carbonyl (C=O) groups excluding carboxylic acids is 1. The lowest BCUT2D eigenvalue weighted by Gasteiger charge is -2.00. The number of allylic oxidation sites excluding steroid dienone is 1. The van der Waals surface area contributed by atoms with Gasteiger partial charge < -0.3 is 14.6 Å². The van der Waals surface area contributed by atoms with Crippen LogP contribution in [0.15, 0.2) is 53.0 Å². The molecule has 2 N–H and O–H groups in total. The maximum Gasteiger partial charge on any atom is 0.371 e. The third-order valence-corrected chi connectivity index (χ3v) is 2.56. The molecule has 102 valence electrons. The average Bonchev–Trinajstić information content (AvgIpc) is 2.88. The van der Waals surface area contributed by atoms with E-state index in [2.05, 4.69) is 4.98 Å². The largest absolute Gasteiger partial charge is 0.502 e. The lowest BCUT2D eigenvalue weighted by atomic mass is 10.1. The van der Waals surface area contributed by atoms with Gasteiger partial charge in [0.15, 0.2) is 5.76 Å². The van der Waals surface area contributed by atoms with Crippen molar-refractivity contribution in [3.63, 3.8) is 0 Å². The van der Waals surface area contributed by atoms with Crippen LogP contribution in [-0.4, -0.2) is 26.9 Å². The number of carboxylic acid groups (broad SMARTS) is 1. The fraction of sp³-hybridized carbons (Fsp3) is 0.0714. The number of aliphatic carboxylic acids is 1. The van der Waals surface area contributed by atoms with Crippen LogP contribution >= 0.6 is 0 Å². The second-order valence-electron chi connectivity index (χ2n) is 3.97. The van der Waals surface area contributed by atoms with Crippen LogP contribution < -0.4 is 0 Å². The SMILES string of the molecule is O=C(O)C(O)=CC(=O)c1occc1Cc1ccccn1. The van der Waals surface area contributed by atoms with Gasteiger partial charge in [0.05, 0.1) is 6.26 Å². The zero-order chi connectivity index (χ0) is 14.5. The number of aromatic nitrogens is 1. The van der Waals surface area contributed by atoms with Crippen LogP contribution in [0.2, 0.25) is 0 Å². The van der Waals surface area contributed by atoms with E-state index in [0.717, 1.165) is 5.69 Å². The zero-order valence-corrected chi connectivity index (χ0v) is 10.3. The molecule has 0 saturated heterocycles. The Balaban J connectivity index is 2.23. The van der Waals surface area contributed by atoms with Gasteiger partial charge in [-0.25, -0.2) is 4.79 Å². The first-order chi connectivity index (χ1) is 9.58. The van der Waals surface area contributed by atoms with Gasteiger partial charge in [-0.1, -0.05) is 6.07 Å². The molecule has 0 radical (unpaired) electrons. The molecule has 6 heteroatoms. The highest BCUT2D eigenvalue weighted by Gasteiger charge is 2.16. The monoisotopic (exact) mass is 273 g/mol. The molecule has 0 aliphatic rings. The summed E-state index contributed by atoms with van der Waals surface area (Å²) in [6.45, 7) is 0. The minimum absolute atomic E-state index is 0.0107. The maximum absolute atomic E-state index is 11.8. The second-order valence-corrected chi connectivity index (χ2v) is 3.97. The van der Waals surface area contributed by atoms with Crippen molar-refractivity contribution in [2.75, 3.05) is 0 Å². The number of aliphatic hydroxyl groups is 1. The van der Waals surface area contributed by atoms with Gasteiger partial charge in [0, 0.05) is 30.0 Å². The summed E-state index contributed by atoms with van der Waals surface area (Å²) >= 11 is 0. The lowest BCUT2D eigenvalue weighted by Crippen LogP contribution is -2.05. The number of furan rings is 1. The Kier molecular flexibility index (Phi) is 3.95. The van der Waals surface area contributed by atoms with Crippen molar-refractivity contribution in [1.82, 2.24) is 4.98 Å². The van der Waals surface area contributed by atoms with Crippen molar-refractivity contribution in [1.29, 1.82) is 0 Å². The minimum atomic E-state index is -1.57. The first kappa shape index (κ1) is 13.5. The predicted molar refractivity (Wildman–Crippen MR) is 68.4 cm³/mol. The Morgan fingerprint density at radius 2 is 2.05 bits per heavy atom. The number of carbonyl (C=O) groups is 2. The molecule has 6 nitrogen and oxygen atoms in total. The van der Waals surface area contributed by atoms with Gasteiger partial charge in [-0.05, 0) is 18.2 Å². The molecule has 0 aromatic carbocycles. The standard InChI is InChI=1S/C14H11NO5/c16-11(8-12(17)14(18)19)13-9(4-6-20-13)7-10-3-1-2-5-15-10/h1-6,8,17H,7H2,(H,18,19). The van der Waals surface area contributed by atoms with Crippen LogP contribution in [0, 0.1) is 0 Å². The van der Waals surface area contributed by atoms with E-state index in [-0.39, 0.29) is 5.76 Å². The van der Waals surface area contributed by atoms with Crippen molar-refractivity contribution >= 4 is 11.8 Å². The second kappa shape index (κ2) is 5.83. The molecule has 0 atom stereocenters. The van der Waals surface area contributed by atoms with E-state index < -0.39 is 17.5 Å². The van der Waals surface area contributed by atoms with Crippen LogP contribution in [0.25, 0.3) is 0 Å². The number of hydrogen-bond acceptors (Lipinski definition) is 5. The number of aliphatic hydroxyl groups excluding tert-OH is 1. The predicted octanol–water partition coefficient (Wildman–Crippen LogP) is 1.97. The minimum Gasteiger partial charge on any atom is -0.502 e. The number of hydrogen-bond donors (Lipinski definition) is 2. The van der Waals surface area contributed by atoms with Gasteiger partial charge in [0.2, 0.25) is 11.5 Å². The molecule has 2 rings (SSSR count). The summed E-state index contributed by atoms with van der Waals surface area (Å²) in [5.41, 5.74) is 1.32. The Labute approximate surface area is 114 Å². The third kappa shape index (κ3) is 3.11. The molecule has 2 aromatic rings. The zero-order valence-electron chi connectivity index (χ0n) is 10.3. The summed E-state index contributed by atoms with van der Waals surface area (Å²) in [4.78, 5) is 26.4. The Morgan fingerprint density at radius 3 is 2.70 bits per heavy atom. The first-order valence-electron chi connectivity index (χ1n) is 5.72. The third-order valence-electron chi connectivity index (χ3n) is 2.56. The fourth-order valence-electron chi connectivity index (χ4n) is 1.64. The Hall–Kier alpha value is -2.89. The summed E-state index contributed by atoms with van der Waals surface area (Å²) in [7, 11) is 0. The van der Waals surface area contributed by atoms with Gasteiger partial charge in [-0.15, -0.1) is 0 Å². The van der Waals surface area contributed by atoms with Gasteiger partial charge in [0.25, 0.3) is 0 Å². The number of carboxylic acids is 1. The Bertz CT molecular complexity index is 657. The number of pyridine rings is 1. The van der Waals surface area contributed by atoms with E-state index in [1.807, 2.05) is 6.07 Å². The molecule has 2 heterocycles. The van der Waals surface area contributed by atoms with Gasteiger partial charge in [0.1, 0.15) is 0 Å².